The van der Waals surface area contributed by atoms with Crippen LogP contribution in [0.5, 0.6) is 5.75 Å². The van der Waals surface area contributed by atoms with Gasteiger partial charge in [-0.05, 0) is 42.5 Å². The second kappa shape index (κ2) is 7.17. The van der Waals surface area contributed by atoms with Crippen LogP contribution in [0.2, 0.25) is 5.02 Å². The summed E-state index contributed by atoms with van der Waals surface area (Å²) in [6.45, 7) is 0.194. The van der Waals surface area contributed by atoms with Gasteiger partial charge in [0.05, 0.1) is 11.0 Å². The van der Waals surface area contributed by atoms with Crippen molar-refractivity contribution < 1.29 is 13.9 Å². The van der Waals surface area contributed by atoms with E-state index in [-0.39, 0.29) is 18.3 Å². The van der Waals surface area contributed by atoms with E-state index in [2.05, 4.69) is 10.3 Å². The van der Waals surface area contributed by atoms with Gasteiger partial charge >= 0.3 is 0 Å². The number of rotatable bonds is 5. The Morgan fingerprint density at radius 2 is 2.04 bits per heavy atom. The number of imidazole rings is 1. The number of halogens is 1. The van der Waals surface area contributed by atoms with E-state index in [0.717, 1.165) is 11.0 Å². The van der Waals surface area contributed by atoms with E-state index in [0.29, 0.717) is 22.5 Å². The van der Waals surface area contributed by atoms with Crippen LogP contribution in [0.1, 0.15) is 16.3 Å². The van der Waals surface area contributed by atoms with E-state index < -0.39 is 0 Å². The Bertz CT molecular complexity index is 1120. The quantitative estimate of drug-likeness (QED) is 0.546. The number of para-hydroxylation sites is 2. The van der Waals surface area contributed by atoms with Gasteiger partial charge < -0.3 is 13.7 Å². The maximum absolute atomic E-state index is 12.5. The second-order valence-electron chi connectivity index (χ2n) is 5.95. The van der Waals surface area contributed by atoms with Crippen LogP contribution in [0.3, 0.4) is 0 Å². The number of aromatic nitrogens is 2. The molecule has 4 rings (SSSR count). The van der Waals surface area contributed by atoms with Gasteiger partial charge in [0.25, 0.3) is 5.91 Å². The van der Waals surface area contributed by atoms with E-state index in [1.165, 1.54) is 0 Å². The summed E-state index contributed by atoms with van der Waals surface area (Å²) in [6, 6.07) is 18.1. The van der Waals surface area contributed by atoms with Crippen molar-refractivity contribution in [1.82, 2.24) is 9.55 Å². The minimum Gasteiger partial charge on any atom is -0.486 e. The Labute approximate surface area is 160 Å². The Morgan fingerprint density at radius 1 is 1.19 bits per heavy atom. The molecule has 0 saturated heterocycles. The number of aryl methyl sites for hydroxylation is 1. The monoisotopic (exact) mass is 381 g/mol. The number of ether oxygens (including phenoxy) is 1. The van der Waals surface area contributed by atoms with Gasteiger partial charge in [-0.1, -0.05) is 29.8 Å². The number of hydrogen-bond acceptors (Lipinski definition) is 4. The van der Waals surface area contributed by atoms with Crippen molar-refractivity contribution >= 4 is 34.5 Å². The van der Waals surface area contributed by atoms with Gasteiger partial charge in [0, 0.05) is 12.1 Å². The van der Waals surface area contributed by atoms with Gasteiger partial charge in [0.2, 0.25) is 5.95 Å². The fourth-order valence-corrected chi connectivity index (χ4v) is 2.89. The SMILES string of the molecule is Cn1c(NC(=O)c2ccc(COc3cccc(Cl)c3)o2)nc2ccccc21. The van der Waals surface area contributed by atoms with Crippen LogP contribution in [0.15, 0.2) is 65.1 Å². The molecular formula is C20H16ClN3O3. The molecule has 0 unspecified atom stereocenters. The Balaban J connectivity index is 1.44. The number of nitrogens with one attached hydrogen (secondary N) is 1. The minimum atomic E-state index is -0.373. The fraction of sp³-hybridized carbons (Fsp3) is 0.100. The molecule has 0 aliphatic rings. The first-order chi connectivity index (χ1) is 13.1. The lowest BCUT2D eigenvalue weighted by Gasteiger charge is -2.05. The smallest absolute Gasteiger partial charge is 0.293 e. The normalized spacial score (nSPS) is 10.9. The predicted molar refractivity (Wildman–Crippen MR) is 103 cm³/mol. The highest BCUT2D eigenvalue weighted by Gasteiger charge is 2.15. The zero-order valence-corrected chi connectivity index (χ0v) is 15.2. The first kappa shape index (κ1) is 17.2. The standard InChI is InChI=1S/C20H16ClN3O3/c1-24-17-8-3-2-7-16(17)22-20(24)23-19(25)18-10-9-15(27-18)12-26-14-6-4-5-13(21)11-14/h2-11H,12H2,1H3,(H,22,23,25). The van der Waals surface area contributed by atoms with Crippen molar-refractivity contribution in [3.8, 4) is 5.75 Å². The summed E-state index contributed by atoms with van der Waals surface area (Å²) < 4.78 is 13.0. The summed E-state index contributed by atoms with van der Waals surface area (Å²) in [6.07, 6.45) is 0. The summed E-state index contributed by atoms with van der Waals surface area (Å²) in [5.41, 5.74) is 1.74. The van der Waals surface area contributed by atoms with Gasteiger partial charge in [-0.2, -0.15) is 0 Å². The first-order valence-corrected chi connectivity index (χ1v) is 8.68. The molecule has 0 fully saturated rings. The maximum Gasteiger partial charge on any atom is 0.293 e. The average molecular weight is 382 g/mol. The molecule has 6 nitrogen and oxygen atoms in total. The van der Waals surface area contributed by atoms with Crippen molar-refractivity contribution in [2.75, 3.05) is 5.32 Å². The van der Waals surface area contributed by atoms with E-state index in [1.807, 2.05) is 35.9 Å². The van der Waals surface area contributed by atoms with Crippen LogP contribution < -0.4 is 10.1 Å². The summed E-state index contributed by atoms with van der Waals surface area (Å²) in [7, 11) is 1.84. The van der Waals surface area contributed by atoms with E-state index in [1.54, 1.807) is 36.4 Å². The Kier molecular flexibility index (Phi) is 4.56. The number of furan rings is 1. The maximum atomic E-state index is 12.5. The van der Waals surface area contributed by atoms with Crippen molar-refractivity contribution in [1.29, 1.82) is 0 Å². The van der Waals surface area contributed by atoms with Crippen molar-refractivity contribution in [3.05, 3.63) is 77.2 Å². The third kappa shape index (κ3) is 3.66. The fourth-order valence-electron chi connectivity index (χ4n) is 2.71. The molecule has 27 heavy (non-hydrogen) atoms. The van der Waals surface area contributed by atoms with Crippen LogP contribution in [-0.2, 0) is 13.7 Å². The number of anilines is 1. The molecule has 136 valence electrons. The molecule has 1 N–H and O–H groups in total. The molecule has 2 aromatic heterocycles. The van der Waals surface area contributed by atoms with Gasteiger partial charge in [0.1, 0.15) is 18.1 Å². The summed E-state index contributed by atoms with van der Waals surface area (Å²) in [5.74, 6) is 1.43. The molecule has 0 aliphatic heterocycles. The predicted octanol–water partition coefficient (Wildman–Crippen LogP) is 4.65. The van der Waals surface area contributed by atoms with Gasteiger partial charge in [-0.15, -0.1) is 0 Å². The summed E-state index contributed by atoms with van der Waals surface area (Å²) >= 11 is 5.93. The van der Waals surface area contributed by atoms with Crippen LogP contribution >= 0.6 is 11.6 Å². The number of carbonyl (C=O) groups is 1. The molecule has 0 spiro atoms. The molecule has 4 aromatic rings. The zero-order chi connectivity index (χ0) is 18.8. The first-order valence-electron chi connectivity index (χ1n) is 8.30. The largest absolute Gasteiger partial charge is 0.486 e. The molecule has 0 saturated carbocycles. The van der Waals surface area contributed by atoms with Crippen LogP contribution in [0.4, 0.5) is 5.95 Å². The summed E-state index contributed by atoms with van der Waals surface area (Å²) in [4.78, 5) is 16.9. The van der Waals surface area contributed by atoms with Gasteiger partial charge in [0.15, 0.2) is 5.76 Å². The third-order valence-corrected chi connectivity index (χ3v) is 4.31. The van der Waals surface area contributed by atoms with E-state index in [4.69, 9.17) is 20.8 Å². The highest BCUT2D eigenvalue weighted by Crippen LogP contribution is 2.20. The number of amides is 1. The second-order valence-corrected chi connectivity index (χ2v) is 6.39. The van der Waals surface area contributed by atoms with E-state index >= 15 is 0 Å². The molecule has 1 amide bonds. The molecule has 0 aliphatic carbocycles. The number of hydrogen-bond donors (Lipinski definition) is 1. The lowest BCUT2D eigenvalue weighted by atomic mass is 10.3. The van der Waals surface area contributed by atoms with E-state index in [9.17, 15) is 4.79 Å². The number of nitrogens with zero attached hydrogens (tertiary/aromatic N) is 2. The molecule has 2 aromatic carbocycles. The average Bonchev–Trinajstić information content (AvgIpc) is 3.26. The van der Waals surface area contributed by atoms with Crippen molar-refractivity contribution in [2.45, 2.75) is 6.61 Å². The minimum absolute atomic E-state index is 0.187. The Morgan fingerprint density at radius 3 is 2.85 bits per heavy atom. The molecular weight excluding hydrogens is 366 g/mol. The molecule has 0 bridgehead atoms. The molecule has 0 radical (unpaired) electrons. The highest BCUT2D eigenvalue weighted by atomic mass is 35.5. The van der Waals surface area contributed by atoms with Gasteiger partial charge in [-0.3, -0.25) is 10.1 Å². The van der Waals surface area contributed by atoms with Crippen LogP contribution in [-0.4, -0.2) is 15.5 Å². The molecule has 0 atom stereocenters. The summed E-state index contributed by atoms with van der Waals surface area (Å²) in [5, 5.41) is 3.36. The Hall–Kier alpha value is -3.25. The lowest BCUT2D eigenvalue weighted by molar-refractivity contribution is 0.0991. The lowest BCUT2D eigenvalue weighted by Crippen LogP contribution is -2.14. The highest BCUT2D eigenvalue weighted by molar-refractivity contribution is 6.30. The van der Waals surface area contributed by atoms with Crippen molar-refractivity contribution in [3.63, 3.8) is 0 Å². The number of benzene rings is 2. The van der Waals surface area contributed by atoms with Crippen LogP contribution in [0.25, 0.3) is 11.0 Å². The topological polar surface area (TPSA) is 69.3 Å². The van der Waals surface area contributed by atoms with Crippen LogP contribution in [0, 0.1) is 0 Å². The molecule has 2 heterocycles. The number of fused-ring (bicyclic) bond motifs is 1. The van der Waals surface area contributed by atoms with Crippen molar-refractivity contribution in [2.24, 2.45) is 7.05 Å². The van der Waals surface area contributed by atoms with Gasteiger partial charge in [-0.25, -0.2) is 4.98 Å². The zero-order valence-electron chi connectivity index (χ0n) is 14.5. The third-order valence-electron chi connectivity index (χ3n) is 4.08. The molecule has 7 heteroatoms. The number of carbonyl (C=O) groups excluding carboxylic acids is 1.